The van der Waals surface area contributed by atoms with E-state index in [1.165, 1.54) is 48.5 Å². The Kier molecular flexibility index (Phi) is 7.52. The van der Waals surface area contributed by atoms with Crippen molar-refractivity contribution in [3.8, 4) is 0 Å². The van der Waals surface area contributed by atoms with Gasteiger partial charge in [0.25, 0.3) is 15.9 Å². The summed E-state index contributed by atoms with van der Waals surface area (Å²) in [5, 5.41) is 2.65. The van der Waals surface area contributed by atoms with Crippen molar-refractivity contribution in [2.24, 2.45) is 5.92 Å². The molecule has 0 aromatic heterocycles. The summed E-state index contributed by atoms with van der Waals surface area (Å²) in [5.41, 5.74) is 0.921. The lowest BCUT2D eigenvalue weighted by atomic mass is 10.2. The van der Waals surface area contributed by atoms with Crippen molar-refractivity contribution in [3.05, 3.63) is 84.4 Å². The van der Waals surface area contributed by atoms with Crippen LogP contribution in [0.25, 0.3) is 0 Å². The van der Waals surface area contributed by atoms with Crippen LogP contribution in [0.2, 0.25) is 0 Å². The Hall–Kier alpha value is -3.21. The summed E-state index contributed by atoms with van der Waals surface area (Å²) in [5.74, 6) is -0.360. The van der Waals surface area contributed by atoms with Crippen LogP contribution in [-0.2, 0) is 20.0 Å². The van der Waals surface area contributed by atoms with E-state index in [9.17, 15) is 21.6 Å². The molecule has 0 fully saturated rings. The largest absolute Gasteiger partial charge is 0.322 e. The van der Waals surface area contributed by atoms with Crippen LogP contribution in [-0.4, -0.2) is 29.3 Å². The number of anilines is 2. The highest BCUT2D eigenvalue weighted by Crippen LogP contribution is 2.19. The predicted molar refractivity (Wildman–Crippen MR) is 128 cm³/mol. The number of nitrogens with one attached hydrogen (secondary N) is 3. The van der Waals surface area contributed by atoms with Crippen LogP contribution >= 0.6 is 0 Å². The standard InChI is InChI=1S/C23H25N3O5S2/c1-17(2)16-24-32(28,29)21-13-11-19(12-14-21)25-23(27)18-7-6-10-22(15-18)33(30,31)26-20-8-4-3-5-9-20/h3-15,17,24,26H,16H2,1-2H3,(H,25,27). The van der Waals surface area contributed by atoms with Crippen molar-refractivity contribution >= 4 is 37.3 Å². The van der Waals surface area contributed by atoms with Gasteiger partial charge in [-0.1, -0.05) is 38.1 Å². The number of rotatable bonds is 9. The molecule has 0 spiro atoms. The summed E-state index contributed by atoms with van der Waals surface area (Å²) < 4.78 is 54.9. The van der Waals surface area contributed by atoms with E-state index in [1.54, 1.807) is 30.3 Å². The maximum Gasteiger partial charge on any atom is 0.261 e. The maximum absolute atomic E-state index is 12.7. The molecule has 0 heterocycles. The molecular formula is C23H25N3O5S2. The van der Waals surface area contributed by atoms with Crippen molar-refractivity contribution in [1.29, 1.82) is 0 Å². The molecule has 3 rings (SSSR count). The van der Waals surface area contributed by atoms with Crippen molar-refractivity contribution in [2.45, 2.75) is 23.6 Å². The minimum absolute atomic E-state index is 0.0586. The number of benzene rings is 3. The number of carbonyl (C=O) groups excluding carboxylic acids is 1. The Bertz CT molecular complexity index is 1320. The van der Waals surface area contributed by atoms with E-state index in [-0.39, 0.29) is 21.3 Å². The minimum Gasteiger partial charge on any atom is -0.322 e. The first kappa shape index (κ1) is 24.4. The van der Waals surface area contributed by atoms with Gasteiger partial charge in [-0.3, -0.25) is 9.52 Å². The third-order valence-electron chi connectivity index (χ3n) is 4.54. The van der Waals surface area contributed by atoms with Gasteiger partial charge < -0.3 is 5.32 Å². The molecule has 1 amide bonds. The Morgan fingerprint density at radius 3 is 2.06 bits per heavy atom. The average molecular weight is 488 g/mol. The number of sulfonamides is 2. The predicted octanol–water partition coefficient (Wildman–Crippen LogP) is 3.67. The molecular weight excluding hydrogens is 462 g/mol. The topological polar surface area (TPSA) is 121 Å². The molecule has 0 unspecified atom stereocenters. The number of hydrogen-bond acceptors (Lipinski definition) is 5. The second kappa shape index (κ2) is 10.2. The molecule has 33 heavy (non-hydrogen) atoms. The molecule has 0 atom stereocenters. The monoisotopic (exact) mass is 487 g/mol. The van der Waals surface area contributed by atoms with Gasteiger partial charge in [0.15, 0.2) is 0 Å². The van der Waals surface area contributed by atoms with Crippen molar-refractivity contribution in [3.63, 3.8) is 0 Å². The third kappa shape index (κ3) is 6.64. The van der Waals surface area contributed by atoms with Gasteiger partial charge in [-0.2, -0.15) is 0 Å². The fraction of sp³-hybridized carbons (Fsp3) is 0.174. The van der Waals surface area contributed by atoms with Crippen LogP contribution < -0.4 is 14.8 Å². The number of amides is 1. The van der Waals surface area contributed by atoms with Crippen LogP contribution in [0.15, 0.2) is 88.7 Å². The summed E-state index contributed by atoms with van der Waals surface area (Å²) in [6.07, 6.45) is 0. The van der Waals surface area contributed by atoms with E-state index in [4.69, 9.17) is 0 Å². The Labute approximate surface area is 194 Å². The van der Waals surface area contributed by atoms with E-state index < -0.39 is 26.0 Å². The molecule has 174 valence electrons. The highest BCUT2D eigenvalue weighted by molar-refractivity contribution is 7.92. The smallest absolute Gasteiger partial charge is 0.261 e. The molecule has 0 aliphatic rings. The first-order chi connectivity index (χ1) is 15.6. The van der Waals surface area contributed by atoms with E-state index in [0.717, 1.165) is 0 Å². The third-order valence-corrected chi connectivity index (χ3v) is 7.36. The summed E-state index contributed by atoms with van der Waals surface area (Å²) in [6.45, 7) is 4.12. The normalized spacial score (nSPS) is 11.8. The maximum atomic E-state index is 12.7. The van der Waals surface area contributed by atoms with E-state index >= 15 is 0 Å². The molecule has 3 aromatic carbocycles. The molecule has 10 heteroatoms. The minimum atomic E-state index is -3.88. The Morgan fingerprint density at radius 1 is 0.758 bits per heavy atom. The summed E-state index contributed by atoms with van der Waals surface area (Å²) in [6, 6.07) is 19.8. The number of hydrogen-bond donors (Lipinski definition) is 3. The molecule has 3 aromatic rings. The van der Waals surface area contributed by atoms with Crippen LogP contribution in [0.4, 0.5) is 11.4 Å². The Morgan fingerprint density at radius 2 is 1.42 bits per heavy atom. The van der Waals surface area contributed by atoms with E-state index in [0.29, 0.717) is 17.9 Å². The summed E-state index contributed by atoms with van der Waals surface area (Å²) >= 11 is 0. The molecule has 0 saturated heterocycles. The first-order valence-corrected chi connectivity index (χ1v) is 13.1. The van der Waals surface area contributed by atoms with Gasteiger partial charge in [0.2, 0.25) is 10.0 Å². The van der Waals surface area contributed by atoms with Crippen molar-refractivity contribution < 1.29 is 21.6 Å². The van der Waals surface area contributed by atoms with Crippen LogP contribution in [0.5, 0.6) is 0 Å². The first-order valence-electron chi connectivity index (χ1n) is 10.2. The zero-order valence-electron chi connectivity index (χ0n) is 18.1. The van der Waals surface area contributed by atoms with Gasteiger partial charge in [0.1, 0.15) is 0 Å². The van der Waals surface area contributed by atoms with Crippen LogP contribution in [0.1, 0.15) is 24.2 Å². The average Bonchev–Trinajstić information content (AvgIpc) is 2.79. The van der Waals surface area contributed by atoms with Gasteiger partial charge in [-0.05, 0) is 60.5 Å². The molecule has 0 saturated carbocycles. The summed E-state index contributed by atoms with van der Waals surface area (Å²) in [4.78, 5) is 12.7. The molecule has 0 bridgehead atoms. The lowest BCUT2D eigenvalue weighted by Crippen LogP contribution is -2.27. The zero-order valence-corrected chi connectivity index (χ0v) is 19.8. The fourth-order valence-corrected chi connectivity index (χ4v) is 5.12. The molecule has 0 radical (unpaired) electrons. The quantitative estimate of drug-likeness (QED) is 0.425. The second-order valence-corrected chi connectivity index (χ2v) is 11.2. The van der Waals surface area contributed by atoms with E-state index in [2.05, 4.69) is 14.8 Å². The molecule has 0 aliphatic carbocycles. The van der Waals surface area contributed by atoms with Gasteiger partial charge in [0, 0.05) is 23.5 Å². The lowest BCUT2D eigenvalue weighted by molar-refractivity contribution is 0.102. The Balaban J connectivity index is 1.72. The van der Waals surface area contributed by atoms with E-state index in [1.807, 2.05) is 13.8 Å². The van der Waals surface area contributed by atoms with Gasteiger partial charge in [-0.25, -0.2) is 21.6 Å². The zero-order chi connectivity index (χ0) is 24.1. The fourth-order valence-electron chi connectivity index (χ4n) is 2.81. The molecule has 0 aliphatic heterocycles. The summed E-state index contributed by atoms with van der Waals surface area (Å²) in [7, 11) is -7.52. The SMILES string of the molecule is CC(C)CNS(=O)(=O)c1ccc(NC(=O)c2cccc(S(=O)(=O)Nc3ccccc3)c2)cc1. The highest BCUT2D eigenvalue weighted by Gasteiger charge is 2.17. The second-order valence-electron chi connectivity index (χ2n) is 7.72. The highest BCUT2D eigenvalue weighted by atomic mass is 32.2. The van der Waals surface area contributed by atoms with Gasteiger partial charge in [-0.15, -0.1) is 0 Å². The lowest BCUT2D eigenvalue weighted by Gasteiger charge is -2.11. The number of para-hydroxylation sites is 1. The van der Waals surface area contributed by atoms with Gasteiger partial charge in [0.05, 0.1) is 9.79 Å². The van der Waals surface area contributed by atoms with Crippen molar-refractivity contribution in [1.82, 2.24) is 4.72 Å². The van der Waals surface area contributed by atoms with Crippen molar-refractivity contribution in [2.75, 3.05) is 16.6 Å². The molecule has 3 N–H and O–H groups in total. The van der Waals surface area contributed by atoms with Gasteiger partial charge >= 0.3 is 0 Å². The van der Waals surface area contributed by atoms with Crippen LogP contribution in [0, 0.1) is 5.92 Å². The number of carbonyl (C=O) groups is 1. The van der Waals surface area contributed by atoms with Crippen LogP contribution in [0.3, 0.4) is 0 Å². The molecule has 8 nitrogen and oxygen atoms in total.